The monoisotopic (exact) mass is 501 g/mol. The number of carbonyl (C=O) groups is 2. The Morgan fingerprint density at radius 2 is 1.66 bits per heavy atom. The number of hydrogen-bond donors (Lipinski definition) is 3. The van der Waals surface area contributed by atoms with E-state index in [1.165, 1.54) is 0 Å². The van der Waals surface area contributed by atoms with Gasteiger partial charge in [0.25, 0.3) is 11.7 Å². The largest absolute Gasteiger partial charge is 0.486 e. The van der Waals surface area contributed by atoms with Crippen LogP contribution >= 0.6 is 10.8 Å². The SMILES string of the molecule is C.O=C(C(=O)N1CC2=C(C1)CN(S(O)(O)c1ccc3c(c1)OCCO3)C2)c1cccc2c1CNC2.[HH]. The Hall–Kier alpha value is -2.89. The lowest BCUT2D eigenvalue weighted by atomic mass is 9.99. The van der Waals surface area contributed by atoms with E-state index in [2.05, 4.69) is 5.32 Å². The van der Waals surface area contributed by atoms with Crippen molar-refractivity contribution in [2.24, 2.45) is 0 Å². The summed E-state index contributed by atoms with van der Waals surface area (Å²) in [5.41, 5.74) is 4.34. The standard InChI is InChI=1S/C24H25N3O6S.CH4.H2/c28-23(19-3-1-2-15-9-25-10-20(15)19)24(29)26-11-16-13-27(14-17(16)12-26)34(30,31)18-4-5-21-22(8-18)33-7-6-32-21;;/h1-5,8,25,30-31H,6-7,9-14H2;1H4;1H. The van der Waals surface area contributed by atoms with E-state index in [-0.39, 0.29) is 8.85 Å². The van der Waals surface area contributed by atoms with Crippen LogP contribution in [0.3, 0.4) is 0 Å². The maximum absolute atomic E-state index is 13.0. The van der Waals surface area contributed by atoms with Crippen molar-refractivity contribution in [3.05, 3.63) is 64.2 Å². The number of rotatable bonds is 4. The molecule has 0 aliphatic carbocycles. The highest BCUT2D eigenvalue weighted by atomic mass is 32.3. The molecule has 0 atom stereocenters. The summed E-state index contributed by atoms with van der Waals surface area (Å²) >= 11 is 0. The Kier molecular flexibility index (Phi) is 6.10. The quantitative estimate of drug-likeness (QED) is 0.332. The second-order valence-corrected chi connectivity index (χ2v) is 10.9. The first-order valence-electron chi connectivity index (χ1n) is 11.2. The van der Waals surface area contributed by atoms with Gasteiger partial charge in [-0.25, -0.2) is 0 Å². The van der Waals surface area contributed by atoms with Gasteiger partial charge >= 0.3 is 0 Å². The molecular formula is C25H31N3O6S. The fourth-order valence-electron chi connectivity index (χ4n) is 5.02. The molecule has 3 N–H and O–H groups in total. The number of Topliss-reactive ketones (excluding diaryl/α,β-unsaturated/α-hetero) is 1. The number of benzene rings is 2. The first-order chi connectivity index (χ1) is 16.4. The van der Waals surface area contributed by atoms with Crippen LogP contribution in [0.25, 0.3) is 0 Å². The zero-order chi connectivity index (χ0) is 23.4. The first kappa shape index (κ1) is 23.8. The predicted molar refractivity (Wildman–Crippen MR) is 134 cm³/mol. The van der Waals surface area contributed by atoms with Crippen LogP contribution in [-0.4, -0.2) is 69.4 Å². The van der Waals surface area contributed by atoms with Gasteiger partial charge in [-0.05, 0) is 34.4 Å². The molecule has 35 heavy (non-hydrogen) atoms. The van der Waals surface area contributed by atoms with E-state index < -0.39 is 22.5 Å². The van der Waals surface area contributed by atoms with Crippen LogP contribution < -0.4 is 14.8 Å². The average molecular weight is 502 g/mol. The molecule has 0 saturated carbocycles. The Morgan fingerprint density at radius 3 is 2.40 bits per heavy atom. The lowest BCUT2D eigenvalue weighted by Crippen LogP contribution is -2.38. The van der Waals surface area contributed by atoms with Gasteiger partial charge in [0.2, 0.25) is 0 Å². The smallest absolute Gasteiger partial charge is 0.295 e. The summed E-state index contributed by atoms with van der Waals surface area (Å²) in [5.74, 6) is 0.0889. The summed E-state index contributed by atoms with van der Waals surface area (Å²) < 4.78 is 34.8. The van der Waals surface area contributed by atoms with Gasteiger partial charge in [0.05, 0.1) is 4.90 Å². The Bertz CT molecular complexity index is 1230. The van der Waals surface area contributed by atoms with Crippen molar-refractivity contribution in [3.63, 3.8) is 0 Å². The van der Waals surface area contributed by atoms with Crippen LogP contribution in [0.2, 0.25) is 0 Å². The highest BCUT2D eigenvalue weighted by Crippen LogP contribution is 2.55. The third-order valence-electron chi connectivity index (χ3n) is 6.80. The fraction of sp³-hybridized carbons (Fsp3) is 0.360. The summed E-state index contributed by atoms with van der Waals surface area (Å²) in [5, 5.41) is 3.22. The van der Waals surface area contributed by atoms with Crippen LogP contribution in [0.5, 0.6) is 11.5 Å². The summed E-state index contributed by atoms with van der Waals surface area (Å²) in [4.78, 5) is 27.9. The third-order valence-corrected chi connectivity index (χ3v) is 8.67. The second kappa shape index (κ2) is 8.96. The molecule has 1 amide bonds. The van der Waals surface area contributed by atoms with Crippen molar-refractivity contribution in [1.82, 2.24) is 14.5 Å². The summed E-state index contributed by atoms with van der Waals surface area (Å²) in [7, 11) is -3.24. The van der Waals surface area contributed by atoms with Crippen molar-refractivity contribution < 1.29 is 29.6 Å². The Balaban J connectivity index is 0.00000152. The topological polar surface area (TPSA) is 112 Å². The molecule has 0 saturated heterocycles. The molecular weight excluding hydrogens is 470 g/mol. The van der Waals surface area contributed by atoms with E-state index in [0.717, 1.165) is 22.3 Å². The molecule has 0 spiro atoms. The van der Waals surface area contributed by atoms with E-state index in [0.29, 0.717) is 74.4 Å². The summed E-state index contributed by atoms with van der Waals surface area (Å²) in [6.45, 7) is 3.47. The summed E-state index contributed by atoms with van der Waals surface area (Å²) in [6, 6.07) is 10.5. The fourth-order valence-corrected chi connectivity index (χ4v) is 6.50. The van der Waals surface area contributed by atoms with Gasteiger partial charge in [-0.1, -0.05) is 25.6 Å². The van der Waals surface area contributed by atoms with E-state index >= 15 is 0 Å². The molecule has 0 unspecified atom stereocenters. The first-order valence-corrected chi connectivity index (χ1v) is 12.7. The molecule has 4 heterocycles. The van der Waals surface area contributed by atoms with Gasteiger partial charge < -0.3 is 19.7 Å². The molecule has 0 radical (unpaired) electrons. The van der Waals surface area contributed by atoms with Crippen LogP contribution in [0.15, 0.2) is 52.4 Å². The van der Waals surface area contributed by atoms with Crippen molar-refractivity contribution in [2.75, 3.05) is 39.4 Å². The minimum Gasteiger partial charge on any atom is -0.486 e. The van der Waals surface area contributed by atoms with Crippen molar-refractivity contribution >= 4 is 22.5 Å². The van der Waals surface area contributed by atoms with E-state index in [4.69, 9.17) is 9.47 Å². The zero-order valence-corrected chi connectivity index (χ0v) is 19.3. The molecule has 9 nitrogen and oxygen atoms in total. The Labute approximate surface area is 207 Å². The normalized spacial score (nSPS) is 19.3. The number of nitrogens with one attached hydrogen (secondary N) is 1. The molecule has 4 aliphatic rings. The number of nitrogens with zero attached hydrogens (tertiary/aromatic N) is 2. The number of ketones is 1. The van der Waals surface area contributed by atoms with Gasteiger partial charge in [-0.2, -0.15) is 4.31 Å². The molecule has 0 bridgehead atoms. The average Bonchev–Trinajstić information content (AvgIpc) is 3.57. The van der Waals surface area contributed by atoms with Crippen molar-refractivity contribution in [2.45, 2.75) is 25.4 Å². The zero-order valence-electron chi connectivity index (χ0n) is 18.5. The van der Waals surface area contributed by atoms with Gasteiger partial charge in [0, 0.05) is 52.3 Å². The van der Waals surface area contributed by atoms with Gasteiger partial charge in [-0.15, -0.1) is 10.8 Å². The van der Waals surface area contributed by atoms with E-state index in [1.54, 1.807) is 33.5 Å². The van der Waals surface area contributed by atoms with Crippen LogP contribution in [-0.2, 0) is 17.9 Å². The third kappa shape index (κ3) is 4.01. The van der Waals surface area contributed by atoms with Crippen molar-refractivity contribution in [1.29, 1.82) is 0 Å². The van der Waals surface area contributed by atoms with Crippen LogP contribution in [0.1, 0.15) is 30.3 Å². The second-order valence-electron chi connectivity index (χ2n) is 8.87. The lowest BCUT2D eigenvalue weighted by Gasteiger charge is -2.41. The highest BCUT2D eigenvalue weighted by Gasteiger charge is 2.39. The summed E-state index contributed by atoms with van der Waals surface area (Å²) in [6.07, 6.45) is 0. The minimum atomic E-state index is -3.24. The van der Waals surface area contributed by atoms with Crippen molar-refractivity contribution in [3.8, 4) is 11.5 Å². The Morgan fingerprint density at radius 1 is 0.943 bits per heavy atom. The molecule has 0 fully saturated rings. The minimum absolute atomic E-state index is 0. The van der Waals surface area contributed by atoms with Gasteiger partial charge in [0.1, 0.15) is 13.2 Å². The highest BCUT2D eigenvalue weighted by molar-refractivity contribution is 8.22. The van der Waals surface area contributed by atoms with Crippen LogP contribution in [0.4, 0.5) is 0 Å². The molecule has 10 heteroatoms. The maximum Gasteiger partial charge on any atom is 0.295 e. The molecule has 188 valence electrons. The number of carbonyl (C=O) groups excluding carboxylic acids is 2. The van der Waals surface area contributed by atoms with E-state index in [1.807, 2.05) is 12.1 Å². The maximum atomic E-state index is 13.0. The molecule has 4 aliphatic heterocycles. The van der Waals surface area contributed by atoms with E-state index in [9.17, 15) is 18.7 Å². The molecule has 0 aromatic heterocycles. The van der Waals surface area contributed by atoms with Crippen LogP contribution in [0, 0.1) is 0 Å². The number of amides is 1. The number of hydrogen-bond acceptors (Lipinski definition) is 8. The molecule has 2 aromatic rings. The number of ether oxygens (including phenoxy) is 2. The molecule has 6 rings (SSSR count). The predicted octanol–water partition coefficient (Wildman–Crippen LogP) is 3.30. The van der Waals surface area contributed by atoms with Gasteiger partial charge in [0.15, 0.2) is 11.5 Å². The van der Waals surface area contributed by atoms with Gasteiger partial charge in [-0.3, -0.25) is 18.7 Å². The molecule has 2 aromatic carbocycles. The lowest BCUT2D eigenvalue weighted by molar-refractivity contribution is -0.125. The number of fused-ring (bicyclic) bond motifs is 2.